The molecule has 1 aromatic rings. The Morgan fingerprint density at radius 1 is 1.50 bits per heavy atom. The molecule has 80 valence electrons. The highest BCUT2D eigenvalue weighted by molar-refractivity contribution is 4.91. The molecular weight excluding hydrogens is 180 g/mol. The normalized spacial score (nSPS) is 10.7. The van der Waals surface area contributed by atoms with Crippen LogP contribution in [-0.2, 0) is 13.1 Å². The van der Waals surface area contributed by atoms with Gasteiger partial charge in [0.2, 0.25) is 0 Å². The van der Waals surface area contributed by atoms with Crippen LogP contribution in [0.2, 0.25) is 0 Å². The predicted molar refractivity (Wildman–Crippen MR) is 53.7 cm³/mol. The molecule has 0 saturated heterocycles. The van der Waals surface area contributed by atoms with Crippen molar-refractivity contribution < 1.29 is 5.11 Å². The zero-order valence-corrected chi connectivity index (χ0v) is 8.61. The van der Waals surface area contributed by atoms with Crippen LogP contribution >= 0.6 is 0 Å². The van der Waals surface area contributed by atoms with Gasteiger partial charge in [-0.1, -0.05) is 12.1 Å². The average Bonchev–Trinajstić information content (AvgIpc) is 2.63. The smallest absolute Gasteiger partial charge is 0.0964 e. The van der Waals surface area contributed by atoms with Crippen molar-refractivity contribution in [3.8, 4) is 0 Å². The molecular formula is C9H18N4O. The third kappa shape index (κ3) is 3.85. The summed E-state index contributed by atoms with van der Waals surface area (Å²) in [6.45, 7) is 4.86. The minimum Gasteiger partial charge on any atom is -0.396 e. The van der Waals surface area contributed by atoms with Crippen molar-refractivity contribution in [2.75, 3.05) is 13.2 Å². The molecule has 0 spiro atoms. The molecule has 0 radical (unpaired) electrons. The van der Waals surface area contributed by atoms with E-state index >= 15 is 0 Å². The van der Waals surface area contributed by atoms with Gasteiger partial charge < -0.3 is 10.4 Å². The van der Waals surface area contributed by atoms with E-state index in [1.54, 1.807) is 0 Å². The van der Waals surface area contributed by atoms with Gasteiger partial charge in [-0.05, 0) is 19.4 Å². The number of aliphatic hydroxyl groups excluding tert-OH is 1. The Bertz CT molecular complexity index is 249. The van der Waals surface area contributed by atoms with Crippen LogP contribution in [0.25, 0.3) is 0 Å². The number of unbranched alkanes of at least 4 members (excludes halogenated alkanes) is 1. The third-order valence-corrected chi connectivity index (χ3v) is 1.94. The van der Waals surface area contributed by atoms with E-state index in [9.17, 15) is 0 Å². The highest BCUT2D eigenvalue weighted by Crippen LogP contribution is 1.96. The molecule has 1 heterocycles. The van der Waals surface area contributed by atoms with Crippen molar-refractivity contribution in [3.63, 3.8) is 0 Å². The molecule has 2 N–H and O–H groups in total. The lowest BCUT2D eigenvalue weighted by molar-refractivity contribution is 0.280. The number of hydrogen-bond acceptors (Lipinski definition) is 4. The van der Waals surface area contributed by atoms with E-state index in [0.29, 0.717) is 0 Å². The Morgan fingerprint density at radius 3 is 3.07 bits per heavy atom. The Hall–Kier alpha value is -0.940. The SMILES string of the molecule is CCNCc1cn(CCCCO)nn1. The predicted octanol–water partition coefficient (Wildman–Crippen LogP) is 0.160. The van der Waals surface area contributed by atoms with Crippen molar-refractivity contribution >= 4 is 0 Å². The molecule has 1 aromatic heterocycles. The summed E-state index contributed by atoms with van der Waals surface area (Å²) >= 11 is 0. The van der Waals surface area contributed by atoms with Crippen LogP contribution in [0.3, 0.4) is 0 Å². The van der Waals surface area contributed by atoms with Crippen LogP contribution < -0.4 is 5.32 Å². The molecule has 0 aromatic carbocycles. The molecule has 1 rings (SSSR count). The molecule has 5 heteroatoms. The van der Waals surface area contributed by atoms with Crippen molar-refractivity contribution in [2.45, 2.75) is 32.9 Å². The first-order valence-corrected chi connectivity index (χ1v) is 5.07. The van der Waals surface area contributed by atoms with Gasteiger partial charge in [0.15, 0.2) is 0 Å². The molecule has 0 aliphatic rings. The summed E-state index contributed by atoms with van der Waals surface area (Å²) in [6, 6.07) is 0. The lowest BCUT2D eigenvalue weighted by Gasteiger charge is -1.97. The van der Waals surface area contributed by atoms with E-state index in [1.165, 1.54) is 0 Å². The van der Waals surface area contributed by atoms with Gasteiger partial charge in [-0.25, -0.2) is 0 Å². The van der Waals surface area contributed by atoms with Crippen LogP contribution in [0.4, 0.5) is 0 Å². The fourth-order valence-electron chi connectivity index (χ4n) is 1.17. The van der Waals surface area contributed by atoms with Gasteiger partial charge in [-0.2, -0.15) is 0 Å². The lowest BCUT2D eigenvalue weighted by atomic mass is 10.3. The van der Waals surface area contributed by atoms with E-state index in [1.807, 2.05) is 10.9 Å². The van der Waals surface area contributed by atoms with E-state index in [-0.39, 0.29) is 6.61 Å². The number of rotatable bonds is 7. The zero-order chi connectivity index (χ0) is 10.2. The fraction of sp³-hybridized carbons (Fsp3) is 0.778. The number of aliphatic hydroxyl groups is 1. The molecule has 14 heavy (non-hydrogen) atoms. The molecule has 0 unspecified atom stereocenters. The maximum absolute atomic E-state index is 8.61. The summed E-state index contributed by atoms with van der Waals surface area (Å²) in [5, 5.41) is 19.8. The van der Waals surface area contributed by atoms with E-state index in [2.05, 4.69) is 22.6 Å². The fourth-order valence-corrected chi connectivity index (χ4v) is 1.17. The number of hydrogen-bond donors (Lipinski definition) is 2. The molecule has 0 atom stereocenters. The number of nitrogens with one attached hydrogen (secondary N) is 1. The van der Waals surface area contributed by atoms with Gasteiger partial charge >= 0.3 is 0 Å². The third-order valence-electron chi connectivity index (χ3n) is 1.94. The van der Waals surface area contributed by atoms with Gasteiger partial charge in [0.05, 0.1) is 5.69 Å². The molecule has 0 aliphatic carbocycles. The van der Waals surface area contributed by atoms with Crippen molar-refractivity contribution in [3.05, 3.63) is 11.9 Å². The van der Waals surface area contributed by atoms with E-state index in [4.69, 9.17) is 5.11 Å². The highest BCUT2D eigenvalue weighted by Gasteiger charge is 1.98. The Kier molecular flexibility index (Phi) is 5.17. The van der Waals surface area contributed by atoms with Crippen LogP contribution in [-0.4, -0.2) is 33.3 Å². The van der Waals surface area contributed by atoms with Gasteiger partial charge in [0.25, 0.3) is 0 Å². The molecule has 0 amide bonds. The van der Waals surface area contributed by atoms with Crippen molar-refractivity contribution in [1.29, 1.82) is 0 Å². The molecule has 0 fully saturated rings. The second kappa shape index (κ2) is 6.50. The summed E-state index contributed by atoms with van der Waals surface area (Å²) in [4.78, 5) is 0. The first-order chi connectivity index (χ1) is 6.86. The second-order valence-corrected chi connectivity index (χ2v) is 3.18. The van der Waals surface area contributed by atoms with Gasteiger partial charge in [0, 0.05) is 25.9 Å². The topological polar surface area (TPSA) is 63.0 Å². The zero-order valence-electron chi connectivity index (χ0n) is 8.61. The van der Waals surface area contributed by atoms with Gasteiger partial charge in [-0.3, -0.25) is 4.68 Å². The van der Waals surface area contributed by atoms with Gasteiger partial charge in [0.1, 0.15) is 0 Å². The minimum atomic E-state index is 0.249. The Morgan fingerprint density at radius 2 is 2.36 bits per heavy atom. The maximum atomic E-state index is 8.61. The highest BCUT2D eigenvalue weighted by atomic mass is 16.2. The monoisotopic (exact) mass is 198 g/mol. The average molecular weight is 198 g/mol. The number of nitrogens with zero attached hydrogens (tertiary/aromatic N) is 3. The molecule has 0 saturated carbocycles. The second-order valence-electron chi connectivity index (χ2n) is 3.18. The molecule has 0 aliphatic heterocycles. The largest absolute Gasteiger partial charge is 0.396 e. The molecule has 0 bridgehead atoms. The van der Waals surface area contributed by atoms with Crippen molar-refractivity contribution in [1.82, 2.24) is 20.3 Å². The van der Waals surface area contributed by atoms with Crippen LogP contribution in [0.1, 0.15) is 25.5 Å². The number of aromatic nitrogens is 3. The number of aryl methyl sites for hydroxylation is 1. The summed E-state index contributed by atoms with van der Waals surface area (Å²) in [6.07, 6.45) is 3.71. The van der Waals surface area contributed by atoms with Gasteiger partial charge in [-0.15, -0.1) is 5.10 Å². The first-order valence-electron chi connectivity index (χ1n) is 5.07. The quantitative estimate of drug-likeness (QED) is 0.613. The maximum Gasteiger partial charge on any atom is 0.0964 e. The Labute approximate surface area is 84.1 Å². The summed E-state index contributed by atoms with van der Waals surface area (Å²) in [5.41, 5.74) is 0.968. The standard InChI is InChI=1S/C9H18N4O/c1-2-10-7-9-8-13(12-11-9)5-3-4-6-14/h8,10,14H,2-7H2,1H3. The summed E-state index contributed by atoms with van der Waals surface area (Å²) in [5.74, 6) is 0. The first kappa shape index (κ1) is 11.1. The van der Waals surface area contributed by atoms with Crippen molar-refractivity contribution in [2.24, 2.45) is 0 Å². The van der Waals surface area contributed by atoms with Crippen LogP contribution in [0.5, 0.6) is 0 Å². The van der Waals surface area contributed by atoms with E-state index < -0.39 is 0 Å². The van der Waals surface area contributed by atoms with E-state index in [0.717, 1.165) is 38.2 Å². The Balaban J connectivity index is 2.27. The summed E-state index contributed by atoms with van der Waals surface area (Å²) in [7, 11) is 0. The van der Waals surface area contributed by atoms with Crippen LogP contribution in [0, 0.1) is 0 Å². The molecule has 5 nitrogen and oxygen atoms in total. The minimum absolute atomic E-state index is 0.249. The summed E-state index contributed by atoms with van der Waals surface area (Å²) < 4.78 is 1.82. The van der Waals surface area contributed by atoms with Crippen LogP contribution in [0.15, 0.2) is 6.20 Å². The lowest BCUT2D eigenvalue weighted by Crippen LogP contribution is -2.11.